The van der Waals surface area contributed by atoms with Gasteiger partial charge in [0.25, 0.3) is 0 Å². The van der Waals surface area contributed by atoms with Crippen molar-refractivity contribution in [3.63, 3.8) is 0 Å². The van der Waals surface area contributed by atoms with Gasteiger partial charge in [0.05, 0.1) is 0 Å². The van der Waals surface area contributed by atoms with Crippen LogP contribution in [-0.2, 0) is 0 Å². The maximum absolute atomic E-state index is 4.53. The van der Waals surface area contributed by atoms with Gasteiger partial charge in [-0.2, -0.15) is 0 Å². The molecular formula is C16H33N. The Bertz CT molecular complexity index is 172. The smallest absolute Gasteiger partial charge is 0.0388 e. The molecule has 0 aliphatic carbocycles. The summed E-state index contributed by atoms with van der Waals surface area (Å²) in [5.74, 6) is 0. The van der Waals surface area contributed by atoms with Crippen LogP contribution in [0.15, 0.2) is 4.99 Å². The Morgan fingerprint density at radius 2 is 1.18 bits per heavy atom. The molecule has 0 saturated heterocycles. The average molecular weight is 239 g/mol. The van der Waals surface area contributed by atoms with Crippen molar-refractivity contribution in [2.75, 3.05) is 6.54 Å². The second kappa shape index (κ2) is 13.7. The number of rotatable bonds is 12. The Balaban J connectivity index is 3.04. The van der Waals surface area contributed by atoms with Crippen LogP contribution < -0.4 is 0 Å². The molecule has 0 spiro atoms. The van der Waals surface area contributed by atoms with E-state index in [1.165, 1.54) is 69.9 Å². The lowest BCUT2D eigenvalue weighted by molar-refractivity contribution is 0.558. The minimum atomic E-state index is 1.05. The Kier molecular flexibility index (Phi) is 13.5. The summed E-state index contributed by atoms with van der Waals surface area (Å²) in [4.78, 5) is 4.53. The molecule has 0 rings (SSSR count). The molecule has 0 bridgehead atoms. The van der Waals surface area contributed by atoms with Gasteiger partial charge in [0.1, 0.15) is 0 Å². The molecule has 0 fully saturated rings. The van der Waals surface area contributed by atoms with E-state index in [-0.39, 0.29) is 0 Å². The maximum atomic E-state index is 4.53. The molecule has 0 heterocycles. The standard InChI is InChI=1S/C16H33N/c1-4-6-7-8-9-10-11-12-13-14-15-17-16(3)5-2/h4-15H2,1-3H3/b17-16+. The minimum Gasteiger partial charge on any atom is -0.294 e. The van der Waals surface area contributed by atoms with Crippen LogP contribution in [0.2, 0.25) is 0 Å². The van der Waals surface area contributed by atoms with Gasteiger partial charge >= 0.3 is 0 Å². The van der Waals surface area contributed by atoms with E-state index < -0.39 is 0 Å². The summed E-state index contributed by atoms with van der Waals surface area (Å²) >= 11 is 0. The van der Waals surface area contributed by atoms with Crippen LogP contribution in [0.4, 0.5) is 0 Å². The quantitative estimate of drug-likeness (QED) is 0.302. The maximum Gasteiger partial charge on any atom is 0.0388 e. The summed E-state index contributed by atoms with van der Waals surface area (Å²) < 4.78 is 0. The van der Waals surface area contributed by atoms with Crippen molar-refractivity contribution >= 4 is 5.71 Å². The number of hydrogen-bond acceptors (Lipinski definition) is 1. The van der Waals surface area contributed by atoms with Gasteiger partial charge in [-0.1, -0.05) is 71.6 Å². The third kappa shape index (κ3) is 13.6. The third-order valence-corrected chi connectivity index (χ3v) is 3.41. The summed E-state index contributed by atoms with van der Waals surface area (Å²) in [6, 6.07) is 0. The van der Waals surface area contributed by atoms with Crippen molar-refractivity contribution in [1.82, 2.24) is 0 Å². The lowest BCUT2D eigenvalue weighted by atomic mass is 10.1. The molecule has 1 heteroatoms. The first-order valence-electron chi connectivity index (χ1n) is 7.81. The highest BCUT2D eigenvalue weighted by Gasteiger charge is 1.92. The summed E-state index contributed by atoms with van der Waals surface area (Å²) in [5.41, 5.74) is 1.31. The Morgan fingerprint density at radius 1 is 0.706 bits per heavy atom. The fourth-order valence-corrected chi connectivity index (χ4v) is 1.98. The highest BCUT2D eigenvalue weighted by molar-refractivity contribution is 5.81. The van der Waals surface area contributed by atoms with Crippen molar-refractivity contribution in [3.8, 4) is 0 Å². The van der Waals surface area contributed by atoms with Crippen molar-refractivity contribution in [2.45, 2.75) is 91.4 Å². The molecule has 0 radical (unpaired) electrons. The van der Waals surface area contributed by atoms with Crippen LogP contribution in [0.3, 0.4) is 0 Å². The van der Waals surface area contributed by atoms with Gasteiger partial charge in [-0.15, -0.1) is 0 Å². The molecule has 0 aliphatic heterocycles. The Morgan fingerprint density at radius 3 is 1.65 bits per heavy atom. The van der Waals surface area contributed by atoms with E-state index >= 15 is 0 Å². The van der Waals surface area contributed by atoms with Crippen LogP contribution in [0.1, 0.15) is 91.4 Å². The number of hydrogen-bond donors (Lipinski definition) is 0. The third-order valence-electron chi connectivity index (χ3n) is 3.41. The van der Waals surface area contributed by atoms with Crippen molar-refractivity contribution in [3.05, 3.63) is 0 Å². The molecular weight excluding hydrogens is 206 g/mol. The normalized spacial score (nSPS) is 12.1. The van der Waals surface area contributed by atoms with Crippen LogP contribution in [0, 0.1) is 0 Å². The van der Waals surface area contributed by atoms with Gasteiger partial charge in [0.2, 0.25) is 0 Å². The van der Waals surface area contributed by atoms with E-state index in [1.54, 1.807) is 0 Å². The largest absolute Gasteiger partial charge is 0.294 e. The SMILES string of the molecule is CCCCCCCCCCCC/N=C(\C)CC. The molecule has 0 aromatic carbocycles. The number of unbranched alkanes of at least 4 members (excludes halogenated alkanes) is 9. The van der Waals surface area contributed by atoms with Gasteiger partial charge < -0.3 is 0 Å². The second-order valence-electron chi connectivity index (χ2n) is 5.15. The Hall–Kier alpha value is -0.330. The molecule has 0 aromatic rings. The number of nitrogens with zero attached hydrogens (tertiary/aromatic N) is 1. The molecule has 0 aliphatic rings. The predicted molar refractivity (Wildman–Crippen MR) is 80.1 cm³/mol. The molecule has 0 amide bonds. The zero-order valence-electron chi connectivity index (χ0n) is 12.4. The molecule has 0 saturated carbocycles. The fraction of sp³-hybridized carbons (Fsp3) is 0.938. The zero-order chi connectivity index (χ0) is 12.8. The highest BCUT2D eigenvalue weighted by atomic mass is 14.7. The summed E-state index contributed by atoms with van der Waals surface area (Å²) in [6.45, 7) is 7.65. The minimum absolute atomic E-state index is 1.05. The van der Waals surface area contributed by atoms with Gasteiger partial charge in [-0.3, -0.25) is 4.99 Å². The van der Waals surface area contributed by atoms with Crippen LogP contribution >= 0.6 is 0 Å². The monoisotopic (exact) mass is 239 g/mol. The van der Waals surface area contributed by atoms with E-state index in [0.717, 1.165) is 13.0 Å². The topological polar surface area (TPSA) is 12.4 Å². The second-order valence-corrected chi connectivity index (χ2v) is 5.15. The summed E-state index contributed by atoms with van der Waals surface area (Å²) in [6.07, 6.45) is 15.2. The highest BCUT2D eigenvalue weighted by Crippen LogP contribution is 2.10. The molecule has 0 atom stereocenters. The van der Waals surface area contributed by atoms with Crippen molar-refractivity contribution in [1.29, 1.82) is 0 Å². The van der Waals surface area contributed by atoms with Crippen LogP contribution in [-0.4, -0.2) is 12.3 Å². The summed E-state index contributed by atoms with van der Waals surface area (Å²) in [5, 5.41) is 0. The molecule has 1 nitrogen and oxygen atoms in total. The predicted octanol–water partition coefficient (Wildman–Crippen LogP) is 5.78. The number of aliphatic imine (C=N–C) groups is 1. The lowest BCUT2D eigenvalue weighted by Crippen LogP contribution is -1.91. The molecule has 0 aromatic heterocycles. The lowest BCUT2D eigenvalue weighted by Gasteiger charge is -2.01. The van der Waals surface area contributed by atoms with Gasteiger partial charge in [-0.25, -0.2) is 0 Å². The average Bonchev–Trinajstić information content (AvgIpc) is 2.35. The van der Waals surface area contributed by atoms with E-state index in [4.69, 9.17) is 0 Å². The van der Waals surface area contributed by atoms with E-state index in [0.29, 0.717) is 0 Å². The van der Waals surface area contributed by atoms with Crippen molar-refractivity contribution in [2.24, 2.45) is 4.99 Å². The van der Waals surface area contributed by atoms with E-state index in [1.807, 2.05) is 0 Å². The molecule has 102 valence electrons. The molecule has 0 N–H and O–H groups in total. The van der Waals surface area contributed by atoms with E-state index in [2.05, 4.69) is 25.8 Å². The fourth-order valence-electron chi connectivity index (χ4n) is 1.98. The molecule has 17 heavy (non-hydrogen) atoms. The van der Waals surface area contributed by atoms with Gasteiger partial charge in [0.15, 0.2) is 0 Å². The van der Waals surface area contributed by atoms with Gasteiger partial charge in [-0.05, 0) is 19.8 Å². The van der Waals surface area contributed by atoms with Crippen LogP contribution in [0.5, 0.6) is 0 Å². The molecule has 0 unspecified atom stereocenters. The Labute approximate surface area is 109 Å². The first kappa shape index (κ1) is 16.7. The van der Waals surface area contributed by atoms with E-state index in [9.17, 15) is 0 Å². The van der Waals surface area contributed by atoms with Gasteiger partial charge in [0, 0.05) is 12.3 Å². The first-order chi connectivity index (χ1) is 8.31. The van der Waals surface area contributed by atoms with Crippen molar-refractivity contribution < 1.29 is 0 Å². The first-order valence-corrected chi connectivity index (χ1v) is 7.81. The zero-order valence-corrected chi connectivity index (χ0v) is 12.4. The summed E-state index contributed by atoms with van der Waals surface area (Å²) in [7, 11) is 0. The van der Waals surface area contributed by atoms with Crippen LogP contribution in [0.25, 0.3) is 0 Å².